The van der Waals surface area contributed by atoms with Gasteiger partial charge in [0.25, 0.3) is 7.82 Å². The smallest absolute Gasteiger partial charge is 0.268 e. The predicted molar refractivity (Wildman–Crippen MR) is 229 cm³/mol. The van der Waals surface area contributed by atoms with E-state index in [0.717, 1.165) is 51.4 Å². The summed E-state index contributed by atoms with van der Waals surface area (Å²) < 4.78 is 23.3. The third kappa shape index (κ3) is 39.5. The molecule has 0 aromatic carbocycles. The number of nitrogens with one attached hydrogen (secondary N) is 1. The molecule has 0 rings (SSSR count). The van der Waals surface area contributed by atoms with Gasteiger partial charge >= 0.3 is 0 Å². The number of aliphatic hydroxyl groups is 1. The molecule has 0 aliphatic carbocycles. The van der Waals surface area contributed by atoms with Gasteiger partial charge in [-0.15, -0.1) is 0 Å². The number of carbonyl (C=O) groups excluding carboxylic acids is 1. The number of quaternary nitrogens is 1. The van der Waals surface area contributed by atoms with Crippen LogP contribution in [-0.4, -0.2) is 68.5 Å². The molecule has 0 radical (unpaired) electrons. The molecule has 2 N–H and O–H groups in total. The normalized spacial score (nSPS) is 14.4. The van der Waals surface area contributed by atoms with Gasteiger partial charge in [0.05, 0.1) is 39.9 Å². The Morgan fingerprint density at radius 3 is 1.44 bits per heavy atom. The maximum atomic E-state index is 12.9. The number of hydrogen-bond donors (Lipinski definition) is 2. The van der Waals surface area contributed by atoms with Crippen LogP contribution >= 0.6 is 7.82 Å². The predicted octanol–water partition coefficient (Wildman–Crippen LogP) is 12.1. The van der Waals surface area contributed by atoms with Crippen molar-refractivity contribution in [2.24, 2.45) is 0 Å². The van der Waals surface area contributed by atoms with Gasteiger partial charge in [0.15, 0.2) is 0 Å². The SMILES string of the molecule is CCCCCCCC/C=C\CCCCCCCC(=O)NC(COP(=O)([O-])OCC[N+](C)(C)C)C(O)CCCCCCCCCCCCCCCCCCC. The number of rotatable bonds is 42. The first kappa shape index (κ1) is 53.2. The standard InChI is InChI=1S/C45H91N2O6P/c1-6-8-10-12-14-16-18-20-22-23-25-26-28-30-32-34-36-38-44(48)43(42-53-54(50,51)52-41-40-47(3,4)5)46-45(49)39-37-35-33-31-29-27-24-21-19-17-15-13-11-9-7-2/h21,24,43-44,48H,6-20,22-23,25-42H2,1-5H3,(H-,46,49,50,51)/b24-21-. The van der Waals surface area contributed by atoms with E-state index in [-0.39, 0.29) is 19.1 Å². The number of amides is 1. The first-order chi connectivity index (χ1) is 26.0. The Kier molecular flexibility index (Phi) is 37.3. The van der Waals surface area contributed by atoms with E-state index in [9.17, 15) is 19.4 Å². The summed E-state index contributed by atoms with van der Waals surface area (Å²) >= 11 is 0. The molecule has 9 heteroatoms. The number of phosphoric ester groups is 1. The topological polar surface area (TPSA) is 108 Å². The van der Waals surface area contributed by atoms with Crippen molar-refractivity contribution in [3.8, 4) is 0 Å². The molecule has 1 amide bonds. The molecule has 0 aromatic rings. The lowest BCUT2D eigenvalue weighted by atomic mass is 10.0. The Bertz CT molecular complexity index is 896. The van der Waals surface area contributed by atoms with E-state index < -0.39 is 20.0 Å². The van der Waals surface area contributed by atoms with Gasteiger partial charge < -0.3 is 28.8 Å². The highest BCUT2D eigenvalue weighted by atomic mass is 31.2. The second kappa shape index (κ2) is 37.8. The minimum Gasteiger partial charge on any atom is -0.756 e. The lowest BCUT2D eigenvalue weighted by Crippen LogP contribution is -2.46. The maximum absolute atomic E-state index is 12.9. The van der Waals surface area contributed by atoms with E-state index in [0.29, 0.717) is 23.9 Å². The van der Waals surface area contributed by atoms with Gasteiger partial charge in [0, 0.05) is 6.42 Å². The van der Waals surface area contributed by atoms with Crippen molar-refractivity contribution in [3.05, 3.63) is 12.2 Å². The molecule has 0 spiro atoms. The van der Waals surface area contributed by atoms with E-state index in [1.54, 1.807) is 0 Å². The largest absolute Gasteiger partial charge is 0.756 e. The van der Waals surface area contributed by atoms with Crippen molar-refractivity contribution in [2.75, 3.05) is 40.9 Å². The summed E-state index contributed by atoms with van der Waals surface area (Å²) in [6.45, 7) is 4.72. The van der Waals surface area contributed by atoms with Gasteiger partial charge in [-0.2, -0.15) is 0 Å². The van der Waals surface area contributed by atoms with Crippen LogP contribution in [0.4, 0.5) is 0 Å². The van der Waals surface area contributed by atoms with Gasteiger partial charge in [-0.25, -0.2) is 0 Å². The van der Waals surface area contributed by atoms with Crippen LogP contribution < -0.4 is 10.2 Å². The number of carbonyl (C=O) groups is 1. The molecule has 0 heterocycles. The lowest BCUT2D eigenvalue weighted by Gasteiger charge is -2.30. The van der Waals surface area contributed by atoms with E-state index in [2.05, 4.69) is 31.3 Å². The minimum atomic E-state index is -4.56. The molecule has 54 heavy (non-hydrogen) atoms. The highest BCUT2D eigenvalue weighted by molar-refractivity contribution is 7.45. The van der Waals surface area contributed by atoms with Gasteiger partial charge in [-0.3, -0.25) is 9.36 Å². The molecule has 0 bridgehead atoms. The van der Waals surface area contributed by atoms with Crippen molar-refractivity contribution >= 4 is 13.7 Å². The maximum Gasteiger partial charge on any atom is 0.268 e. The van der Waals surface area contributed by atoms with Gasteiger partial charge in [-0.1, -0.05) is 187 Å². The van der Waals surface area contributed by atoms with Crippen LogP contribution in [0.1, 0.15) is 219 Å². The van der Waals surface area contributed by atoms with Crippen molar-refractivity contribution in [1.82, 2.24) is 5.32 Å². The summed E-state index contributed by atoms with van der Waals surface area (Å²) in [6, 6.07) is -0.800. The average molecular weight is 787 g/mol. The number of aliphatic hydroxyl groups excluding tert-OH is 1. The number of nitrogens with zero attached hydrogens (tertiary/aromatic N) is 1. The Hall–Kier alpha value is -0.760. The van der Waals surface area contributed by atoms with Crippen molar-refractivity contribution in [3.63, 3.8) is 0 Å². The number of phosphoric acid groups is 1. The molecule has 0 saturated carbocycles. The number of allylic oxidation sites excluding steroid dienone is 2. The van der Waals surface area contributed by atoms with Crippen LogP contribution in [0.3, 0.4) is 0 Å². The fraction of sp³-hybridized carbons (Fsp3) is 0.933. The molecule has 0 fully saturated rings. The fourth-order valence-corrected chi connectivity index (χ4v) is 7.52. The Balaban J connectivity index is 4.34. The third-order valence-electron chi connectivity index (χ3n) is 10.5. The van der Waals surface area contributed by atoms with Crippen molar-refractivity contribution in [2.45, 2.75) is 231 Å². The fourth-order valence-electron chi connectivity index (χ4n) is 6.80. The Morgan fingerprint density at radius 2 is 1.02 bits per heavy atom. The molecular weight excluding hydrogens is 695 g/mol. The molecule has 0 saturated heterocycles. The molecule has 3 unspecified atom stereocenters. The monoisotopic (exact) mass is 787 g/mol. The molecule has 3 atom stereocenters. The first-order valence-corrected chi connectivity index (χ1v) is 24.5. The quantitative estimate of drug-likeness (QED) is 0.0276. The van der Waals surface area contributed by atoms with Crippen molar-refractivity contribution < 1.29 is 32.9 Å². The summed E-state index contributed by atoms with van der Waals surface area (Å²) in [6.07, 6.45) is 42.1. The molecule has 0 aliphatic rings. The van der Waals surface area contributed by atoms with Gasteiger partial charge in [0.2, 0.25) is 5.91 Å². The van der Waals surface area contributed by atoms with Crippen LogP contribution in [0.5, 0.6) is 0 Å². The highest BCUT2D eigenvalue weighted by Crippen LogP contribution is 2.38. The summed E-state index contributed by atoms with van der Waals surface area (Å²) in [4.78, 5) is 25.3. The van der Waals surface area contributed by atoms with Crippen LogP contribution in [0.15, 0.2) is 12.2 Å². The van der Waals surface area contributed by atoms with E-state index in [4.69, 9.17) is 9.05 Å². The molecule has 322 valence electrons. The second-order valence-corrected chi connectivity index (χ2v) is 18.5. The number of hydrogen-bond acceptors (Lipinski definition) is 6. The molecule has 8 nitrogen and oxygen atoms in total. The van der Waals surface area contributed by atoms with Crippen LogP contribution in [-0.2, 0) is 18.4 Å². The van der Waals surface area contributed by atoms with E-state index >= 15 is 0 Å². The summed E-state index contributed by atoms with van der Waals surface area (Å²) in [5.74, 6) is -0.172. The second-order valence-electron chi connectivity index (χ2n) is 17.1. The molecular formula is C45H91N2O6P. The first-order valence-electron chi connectivity index (χ1n) is 23.0. The Labute approximate surface area is 335 Å². The zero-order valence-electron chi connectivity index (χ0n) is 36.4. The highest BCUT2D eigenvalue weighted by Gasteiger charge is 2.24. The van der Waals surface area contributed by atoms with Crippen LogP contribution in [0.2, 0.25) is 0 Å². The van der Waals surface area contributed by atoms with Gasteiger partial charge in [-0.05, 0) is 38.5 Å². The minimum absolute atomic E-state index is 0.0125. The zero-order chi connectivity index (χ0) is 40.0. The molecule has 0 aliphatic heterocycles. The van der Waals surface area contributed by atoms with E-state index in [1.165, 1.54) is 141 Å². The summed E-state index contributed by atoms with van der Waals surface area (Å²) in [5.41, 5.74) is 0. The zero-order valence-corrected chi connectivity index (χ0v) is 37.3. The summed E-state index contributed by atoms with van der Waals surface area (Å²) in [7, 11) is 1.31. The third-order valence-corrected chi connectivity index (χ3v) is 11.5. The summed E-state index contributed by atoms with van der Waals surface area (Å²) in [5, 5.41) is 13.9. The Morgan fingerprint density at radius 1 is 0.630 bits per heavy atom. The molecule has 0 aromatic heterocycles. The number of likely N-dealkylation sites (N-methyl/N-ethyl adjacent to an activating group) is 1. The number of unbranched alkanes of at least 4 members (excludes halogenated alkanes) is 27. The lowest BCUT2D eigenvalue weighted by molar-refractivity contribution is -0.870. The van der Waals surface area contributed by atoms with Crippen molar-refractivity contribution in [1.29, 1.82) is 0 Å². The van der Waals surface area contributed by atoms with Crippen LogP contribution in [0.25, 0.3) is 0 Å². The van der Waals surface area contributed by atoms with Crippen LogP contribution in [0, 0.1) is 0 Å². The van der Waals surface area contributed by atoms with E-state index in [1.807, 2.05) is 21.1 Å². The average Bonchev–Trinajstić information content (AvgIpc) is 3.12. The van der Waals surface area contributed by atoms with Gasteiger partial charge in [0.1, 0.15) is 13.2 Å².